The van der Waals surface area contributed by atoms with Crippen LogP contribution in [0.25, 0.3) is 0 Å². The highest BCUT2D eigenvalue weighted by molar-refractivity contribution is 5.81. The zero-order valence-electron chi connectivity index (χ0n) is 79.4. The van der Waals surface area contributed by atoms with Crippen LogP contribution in [0.3, 0.4) is 0 Å². The van der Waals surface area contributed by atoms with Crippen molar-refractivity contribution in [3.8, 4) is 0 Å². The molecule has 0 aliphatic carbocycles. The fourth-order valence-corrected chi connectivity index (χ4v) is 18.9. The van der Waals surface area contributed by atoms with Crippen LogP contribution in [-0.4, -0.2) is 621 Å². The van der Waals surface area contributed by atoms with Crippen molar-refractivity contribution < 1.29 is 312 Å². The Morgan fingerprint density at radius 1 is 0.287 bits per heavy atom. The Balaban J connectivity index is 1.09. The molecule has 0 aromatic rings. The summed E-state index contributed by atoms with van der Waals surface area (Å²) in [5.74, 6) is -38.2. The highest BCUT2D eigenvalue weighted by Gasteiger charge is 2.69. The fourth-order valence-electron chi connectivity index (χ4n) is 18.9. The summed E-state index contributed by atoms with van der Waals surface area (Å²) in [5.41, 5.74) is 0. The normalized spacial score (nSPS) is 41.5. The van der Waals surface area contributed by atoms with Gasteiger partial charge in [0.1, 0.15) is 202 Å². The summed E-state index contributed by atoms with van der Waals surface area (Å²) in [7, 11) is 0. The van der Waals surface area contributed by atoms with Gasteiger partial charge in [0.2, 0.25) is 35.4 Å². The van der Waals surface area contributed by atoms with E-state index in [4.69, 9.17) is 80.5 Å². The van der Waals surface area contributed by atoms with E-state index < -0.39 is 474 Å². The molecular weight excluding hydrogens is 2060 g/mol. The van der Waals surface area contributed by atoms with Crippen LogP contribution < -0.4 is 31.9 Å². The molecule has 0 bridgehead atoms. The molecule has 9 fully saturated rings. The quantitative estimate of drug-likeness (QED) is 0.0269. The van der Waals surface area contributed by atoms with E-state index in [1.165, 1.54) is 0 Å². The molecule has 69 heteroatoms. The maximum Gasteiger partial charge on any atom is 0.364 e. The molecule has 9 rings (SSSR count). The molecule has 6 amide bonds. The lowest BCUT2D eigenvalue weighted by atomic mass is 9.86. The number of aliphatic hydroxyl groups excluding tert-OH is 30. The standard InChI is InChI=1S/C81H130N6O63/c1-21(99)82-41-25(103)5-79(74(128)129,146-63(41)51(116)34(14-92)141-77(72(124)125)6-28(106)44(86-39(110)19-97)61(144-77)47(112)30(108)10-88)143-36(16-94)53(118)65-43(84-23(3)101)27(105)9-81(148-65,76(132)133)150-67-57(122)71(138-58-37(17-95)134-68(123)55(120)54(58)119)137-38(18-96)59(67)139-69-46(85-24(4)102)60(49(114)32(12-90)135-69)140-70-56(121)66(50(115)33(13-91)136-70)149-80(75(130)131)8-26(104)42(83-22(2)100)64(147-80)52(117)35(15-93)142-78(73(126)127)7-29(107)45(87-40(111)20-98)62(145-78)48(113)31(109)11-89/h25-38,41-71,88-98,103-109,112-123H,5-20H2,1-4H3,(H,82,99)(H,83,100)(H,84,101)(H,85,102)(H,86,110)(H,87,111)(H,124,125)(H,126,127)(H,128,129)(H,130,131)(H,132,133)/t25-,26-,27-,28-,29-,30+,31+,32+,33+,34+,35+,36+,37+,38+,41+,42+,43+,44+,45+,46+,47+,48+,49-,50-,51+,52+,53+,54+,55+,56+,57+,58+,59-,60+,61+,62+,63+,64+,65+,66-,67+,68+,69-,70-,71-,77+,78+,79+,80-,81-/m0/s1. The van der Waals surface area contributed by atoms with E-state index in [0.717, 1.165) is 20.8 Å². The zero-order chi connectivity index (χ0) is 112. The van der Waals surface area contributed by atoms with E-state index in [2.05, 4.69) is 21.3 Å². The molecule has 0 aromatic heterocycles. The van der Waals surface area contributed by atoms with Gasteiger partial charge in [0.25, 0.3) is 28.9 Å². The molecule has 150 heavy (non-hydrogen) atoms. The number of carbonyl (C=O) groups is 11. The van der Waals surface area contributed by atoms with Gasteiger partial charge in [-0.25, -0.2) is 24.0 Å². The van der Waals surface area contributed by atoms with E-state index in [1.54, 1.807) is 0 Å². The molecule has 69 nitrogen and oxygen atoms in total. The summed E-state index contributed by atoms with van der Waals surface area (Å²) >= 11 is 0. The van der Waals surface area contributed by atoms with Crippen LogP contribution in [0, 0.1) is 0 Å². The van der Waals surface area contributed by atoms with Crippen molar-refractivity contribution in [3.63, 3.8) is 0 Å². The Kier molecular flexibility index (Phi) is 44.3. The van der Waals surface area contributed by atoms with Crippen LogP contribution in [0.5, 0.6) is 0 Å². The van der Waals surface area contributed by atoms with Gasteiger partial charge in [-0.3, -0.25) is 28.8 Å². The molecule has 9 aliphatic heterocycles. The van der Waals surface area contributed by atoms with Gasteiger partial charge in [0.05, 0.1) is 120 Å². The van der Waals surface area contributed by atoms with Gasteiger partial charge in [0.15, 0.2) is 25.2 Å². The van der Waals surface area contributed by atoms with E-state index in [9.17, 15) is 231 Å². The van der Waals surface area contributed by atoms with Crippen LogP contribution in [0.4, 0.5) is 0 Å². The number of aliphatic carboxylic acids is 5. The van der Waals surface area contributed by atoms with E-state index in [0.29, 0.717) is 6.92 Å². The van der Waals surface area contributed by atoms with Crippen LogP contribution in [-0.2, 0) is 133 Å². The topological polar surface area (TPSA) is 1120 Å². The molecule has 0 aromatic carbocycles. The highest BCUT2D eigenvalue weighted by Crippen LogP contribution is 2.47. The van der Waals surface area contributed by atoms with Crippen molar-refractivity contribution in [2.75, 3.05) is 72.7 Å². The van der Waals surface area contributed by atoms with Crippen molar-refractivity contribution in [1.29, 1.82) is 0 Å². The molecule has 9 aliphatic rings. The average Bonchev–Trinajstić information content (AvgIpc) is 0.752. The number of ether oxygens (including phenoxy) is 17. The minimum Gasteiger partial charge on any atom is -0.477 e. The van der Waals surface area contributed by atoms with Crippen LogP contribution >= 0.6 is 0 Å². The van der Waals surface area contributed by atoms with E-state index in [-0.39, 0.29) is 0 Å². The summed E-state index contributed by atoms with van der Waals surface area (Å²) in [4.78, 5) is 147. The van der Waals surface area contributed by atoms with Crippen molar-refractivity contribution >= 4 is 65.3 Å². The minimum atomic E-state index is -3.97. The third-order valence-corrected chi connectivity index (χ3v) is 26.3. The lowest BCUT2D eigenvalue weighted by Crippen LogP contribution is -2.73. The smallest absolute Gasteiger partial charge is 0.364 e. The predicted octanol–water partition coefficient (Wildman–Crippen LogP) is -25.8. The van der Waals surface area contributed by atoms with Gasteiger partial charge >= 0.3 is 29.8 Å². The molecule has 0 spiro atoms. The van der Waals surface area contributed by atoms with Gasteiger partial charge in [0, 0.05) is 59.8 Å². The van der Waals surface area contributed by atoms with Gasteiger partial charge in [-0.2, -0.15) is 0 Å². The molecule has 41 N–H and O–H groups in total. The number of hydrogen-bond acceptors (Lipinski definition) is 58. The Morgan fingerprint density at radius 2 is 0.553 bits per heavy atom. The van der Waals surface area contributed by atoms with Gasteiger partial charge in [-0.1, -0.05) is 0 Å². The lowest BCUT2D eigenvalue weighted by Gasteiger charge is -2.53. The number of carboxylic acid groups (broad SMARTS) is 5. The Hall–Kier alpha value is -7.71. The van der Waals surface area contributed by atoms with Crippen LogP contribution in [0.1, 0.15) is 59.8 Å². The lowest BCUT2D eigenvalue weighted by molar-refractivity contribution is -0.405. The third kappa shape index (κ3) is 27.4. The number of hydrogen-bond donors (Lipinski definition) is 41. The Morgan fingerprint density at radius 3 is 0.867 bits per heavy atom. The summed E-state index contributed by atoms with van der Waals surface area (Å²) in [6.45, 7) is -13.4. The molecular formula is C81H130N6O63. The summed E-state index contributed by atoms with van der Waals surface area (Å²) < 4.78 is 99.2. The maximum absolute atomic E-state index is 14.6. The summed E-state index contributed by atoms with van der Waals surface area (Å²) in [5, 5.41) is 406. The highest BCUT2D eigenvalue weighted by atomic mass is 16.8. The SMILES string of the molecule is CC(=O)N[C@H]1[C@H](O[C@@H]2[C@H](O[C@]3(C(=O)O)C[C@H](O)[C@@H](NC(C)=O)[C@H]([C@H](O)[C@@H](CO)O[C@]4(C(=O)O)C[C@H](O)[C@@H](NC(C)=O)[C@H]([C@H](O)[C@@H](CO)O[C@]5(C(=O)O)C[C@H](O)[C@@H](NC(=O)CO)[C@H]([C@H](O)[C@H](O)CO)O5)O4)O3)[C@@H](O)[C@H](O[C@H]3[C@H](O)[C@@H](O)[C@H](O)O[C@@H]3CO)O[C@@H]2CO)O[C@H](CO)[C@H](O)[C@@H]1O[C@@H]1O[C@H](CO)[C@H](O)[C@H](O[C@]2(C(=O)O)C[C@H](O)[C@@H](NC(C)=O)[C@H]([C@H](O)[C@@H](CO)O[C@]3(C(=O)O)C[C@H](O)[C@@H](NC(=O)CO)[C@H]([C@H](O)[C@H](O)CO)O3)O2)[C@H]1O. The number of amides is 6. The molecule has 50 atom stereocenters. The van der Waals surface area contributed by atoms with Crippen molar-refractivity contribution in [2.24, 2.45) is 0 Å². The first-order valence-electron chi connectivity index (χ1n) is 46.1. The van der Waals surface area contributed by atoms with Crippen LogP contribution in [0.15, 0.2) is 0 Å². The van der Waals surface area contributed by atoms with Crippen molar-refractivity contribution in [1.82, 2.24) is 31.9 Å². The summed E-state index contributed by atoms with van der Waals surface area (Å²) in [6.07, 6.45) is -109. The number of rotatable bonds is 48. The predicted molar refractivity (Wildman–Crippen MR) is 455 cm³/mol. The Bertz CT molecular complexity index is 4490. The first-order chi connectivity index (χ1) is 70.3. The Labute approximate surface area is 843 Å². The average molecular weight is 2200 g/mol. The molecule has 0 unspecified atom stereocenters. The molecule has 862 valence electrons. The second-order valence-corrected chi connectivity index (χ2v) is 36.8. The third-order valence-electron chi connectivity index (χ3n) is 26.3. The molecule has 9 saturated heterocycles. The number of nitrogens with one attached hydrogen (secondary N) is 6. The fraction of sp³-hybridized carbons (Fsp3) is 0.864. The maximum atomic E-state index is 14.6. The number of aliphatic hydroxyl groups is 30. The van der Waals surface area contributed by atoms with E-state index in [1.807, 2.05) is 10.6 Å². The van der Waals surface area contributed by atoms with Gasteiger partial charge < -0.3 is 291 Å². The van der Waals surface area contributed by atoms with Gasteiger partial charge in [-0.15, -0.1) is 0 Å². The molecule has 0 saturated carbocycles. The van der Waals surface area contributed by atoms with Crippen molar-refractivity contribution in [2.45, 2.75) is 364 Å². The first kappa shape index (κ1) is 126. The van der Waals surface area contributed by atoms with Crippen LogP contribution in [0.2, 0.25) is 0 Å². The first-order valence-corrected chi connectivity index (χ1v) is 46.1. The monoisotopic (exact) mass is 2190 g/mol. The van der Waals surface area contributed by atoms with Crippen molar-refractivity contribution in [3.05, 3.63) is 0 Å². The number of carbonyl (C=O) groups excluding carboxylic acids is 6. The second-order valence-electron chi connectivity index (χ2n) is 36.8. The molecule has 9 heterocycles. The van der Waals surface area contributed by atoms with Gasteiger partial charge in [-0.05, 0) is 0 Å². The zero-order valence-corrected chi connectivity index (χ0v) is 79.4. The summed E-state index contributed by atoms with van der Waals surface area (Å²) in [6, 6.07) is -13.3. The second kappa shape index (κ2) is 52.9. The minimum absolute atomic E-state index is 0.716. The molecule has 0 radical (unpaired) electrons. The largest absolute Gasteiger partial charge is 0.477 e. The van der Waals surface area contributed by atoms with E-state index >= 15 is 0 Å². The number of carboxylic acids is 5.